The second-order valence-corrected chi connectivity index (χ2v) is 3.15. The van der Waals surface area contributed by atoms with Gasteiger partial charge in [0.05, 0.1) is 12.0 Å². The zero-order chi connectivity index (χ0) is 10.4. The SMILES string of the molecule is C=CCOc1ccc(C(O)CCl)cc1. The van der Waals surface area contributed by atoms with Crippen LogP contribution < -0.4 is 4.74 Å². The standard InChI is InChI=1S/C11H13ClO2/c1-2-7-14-10-5-3-9(4-6-10)11(13)8-12/h2-6,11,13H,1,7-8H2. The Morgan fingerprint density at radius 1 is 1.43 bits per heavy atom. The number of hydrogen-bond acceptors (Lipinski definition) is 2. The highest BCUT2D eigenvalue weighted by atomic mass is 35.5. The summed E-state index contributed by atoms with van der Waals surface area (Å²) in [7, 11) is 0. The number of halogens is 1. The van der Waals surface area contributed by atoms with Crippen LogP contribution >= 0.6 is 11.6 Å². The lowest BCUT2D eigenvalue weighted by molar-refractivity contribution is 0.202. The summed E-state index contributed by atoms with van der Waals surface area (Å²) in [6.45, 7) is 4.04. The number of rotatable bonds is 5. The molecule has 2 nitrogen and oxygen atoms in total. The molecule has 1 atom stereocenters. The Bertz CT molecular complexity index is 282. The van der Waals surface area contributed by atoms with Gasteiger partial charge in [-0.3, -0.25) is 0 Å². The number of hydrogen-bond donors (Lipinski definition) is 1. The zero-order valence-corrected chi connectivity index (χ0v) is 8.57. The monoisotopic (exact) mass is 212 g/mol. The minimum absolute atomic E-state index is 0.201. The van der Waals surface area contributed by atoms with E-state index in [4.69, 9.17) is 16.3 Å². The third-order valence-electron chi connectivity index (χ3n) is 1.78. The van der Waals surface area contributed by atoms with Gasteiger partial charge in [0.1, 0.15) is 12.4 Å². The lowest BCUT2D eigenvalue weighted by Crippen LogP contribution is -1.98. The Hall–Kier alpha value is -0.990. The Morgan fingerprint density at radius 3 is 2.57 bits per heavy atom. The first kappa shape index (κ1) is 11.1. The maximum atomic E-state index is 9.41. The predicted molar refractivity (Wildman–Crippen MR) is 57.8 cm³/mol. The molecule has 0 saturated carbocycles. The summed E-state index contributed by atoms with van der Waals surface area (Å²) in [6.07, 6.45) is 1.08. The Kier molecular flexibility index (Phi) is 4.50. The molecule has 1 aromatic carbocycles. The number of benzene rings is 1. The first-order chi connectivity index (χ1) is 6.77. The largest absolute Gasteiger partial charge is 0.490 e. The summed E-state index contributed by atoms with van der Waals surface area (Å²) in [5.41, 5.74) is 0.797. The molecule has 0 saturated heterocycles. The second-order valence-electron chi connectivity index (χ2n) is 2.84. The summed E-state index contributed by atoms with van der Waals surface area (Å²) in [6, 6.07) is 7.19. The van der Waals surface area contributed by atoms with Crippen LogP contribution in [0.25, 0.3) is 0 Å². The van der Waals surface area contributed by atoms with E-state index in [2.05, 4.69) is 6.58 Å². The van der Waals surface area contributed by atoms with Crippen LogP contribution in [-0.2, 0) is 0 Å². The molecule has 0 spiro atoms. The number of alkyl halides is 1. The molecule has 14 heavy (non-hydrogen) atoms. The van der Waals surface area contributed by atoms with Crippen LogP contribution in [0, 0.1) is 0 Å². The van der Waals surface area contributed by atoms with Crippen molar-refractivity contribution >= 4 is 11.6 Å². The third kappa shape index (κ3) is 3.05. The van der Waals surface area contributed by atoms with Gasteiger partial charge in [-0.1, -0.05) is 24.8 Å². The molecule has 0 amide bonds. The Labute approximate surface area is 88.8 Å². The van der Waals surface area contributed by atoms with Crippen LogP contribution in [0.2, 0.25) is 0 Å². The summed E-state index contributed by atoms with van der Waals surface area (Å²) in [5, 5.41) is 9.41. The molecule has 0 heterocycles. The minimum Gasteiger partial charge on any atom is -0.490 e. The number of ether oxygens (including phenoxy) is 1. The quantitative estimate of drug-likeness (QED) is 0.601. The van der Waals surface area contributed by atoms with Gasteiger partial charge in [-0.25, -0.2) is 0 Å². The van der Waals surface area contributed by atoms with Crippen molar-refractivity contribution in [2.45, 2.75) is 6.10 Å². The Balaban J connectivity index is 2.63. The van der Waals surface area contributed by atoms with E-state index >= 15 is 0 Å². The number of aliphatic hydroxyl groups excluding tert-OH is 1. The highest BCUT2D eigenvalue weighted by molar-refractivity contribution is 6.18. The average molecular weight is 213 g/mol. The first-order valence-electron chi connectivity index (χ1n) is 4.35. The molecule has 76 valence electrons. The van der Waals surface area contributed by atoms with Crippen LogP contribution in [-0.4, -0.2) is 17.6 Å². The second kappa shape index (κ2) is 5.68. The van der Waals surface area contributed by atoms with Gasteiger partial charge in [0.2, 0.25) is 0 Å². The van der Waals surface area contributed by atoms with E-state index in [0.29, 0.717) is 6.61 Å². The fraction of sp³-hybridized carbons (Fsp3) is 0.273. The van der Waals surface area contributed by atoms with Gasteiger partial charge < -0.3 is 9.84 Å². The van der Waals surface area contributed by atoms with Crippen molar-refractivity contribution in [2.24, 2.45) is 0 Å². The van der Waals surface area contributed by atoms with Gasteiger partial charge in [0.15, 0.2) is 0 Å². The smallest absolute Gasteiger partial charge is 0.119 e. The summed E-state index contributed by atoms with van der Waals surface area (Å²) in [4.78, 5) is 0. The molecule has 0 aliphatic rings. The van der Waals surface area contributed by atoms with Crippen LogP contribution in [0.4, 0.5) is 0 Å². The Morgan fingerprint density at radius 2 is 2.07 bits per heavy atom. The fourth-order valence-corrected chi connectivity index (χ4v) is 1.21. The van der Waals surface area contributed by atoms with Crippen molar-refractivity contribution in [3.05, 3.63) is 42.5 Å². The van der Waals surface area contributed by atoms with Gasteiger partial charge in [-0.2, -0.15) is 0 Å². The van der Waals surface area contributed by atoms with Crippen molar-refractivity contribution in [3.8, 4) is 5.75 Å². The molecule has 0 aromatic heterocycles. The van der Waals surface area contributed by atoms with Gasteiger partial charge in [-0.05, 0) is 17.7 Å². The van der Waals surface area contributed by atoms with E-state index in [0.717, 1.165) is 11.3 Å². The zero-order valence-electron chi connectivity index (χ0n) is 7.82. The third-order valence-corrected chi connectivity index (χ3v) is 2.07. The van der Waals surface area contributed by atoms with Gasteiger partial charge in [-0.15, -0.1) is 11.6 Å². The van der Waals surface area contributed by atoms with Crippen LogP contribution in [0.3, 0.4) is 0 Å². The molecule has 1 N–H and O–H groups in total. The van der Waals surface area contributed by atoms with E-state index in [1.165, 1.54) is 0 Å². The van der Waals surface area contributed by atoms with Gasteiger partial charge in [0.25, 0.3) is 0 Å². The molecule has 1 unspecified atom stereocenters. The molecule has 1 aromatic rings. The average Bonchev–Trinajstić information content (AvgIpc) is 2.26. The van der Waals surface area contributed by atoms with Crippen LogP contribution in [0.1, 0.15) is 11.7 Å². The van der Waals surface area contributed by atoms with Crippen molar-refractivity contribution < 1.29 is 9.84 Å². The highest BCUT2D eigenvalue weighted by Gasteiger charge is 2.04. The topological polar surface area (TPSA) is 29.5 Å². The summed E-state index contributed by atoms with van der Waals surface area (Å²) < 4.78 is 5.29. The molecular weight excluding hydrogens is 200 g/mol. The van der Waals surface area contributed by atoms with Crippen molar-refractivity contribution in [3.63, 3.8) is 0 Å². The van der Waals surface area contributed by atoms with E-state index in [1.54, 1.807) is 30.3 Å². The molecule has 0 aliphatic carbocycles. The normalized spacial score (nSPS) is 12.1. The van der Waals surface area contributed by atoms with E-state index in [1.807, 2.05) is 0 Å². The lowest BCUT2D eigenvalue weighted by Gasteiger charge is -2.08. The molecule has 0 aliphatic heterocycles. The van der Waals surface area contributed by atoms with Crippen LogP contribution in [0.15, 0.2) is 36.9 Å². The molecular formula is C11H13ClO2. The summed E-state index contributed by atoms with van der Waals surface area (Å²) in [5.74, 6) is 0.961. The van der Waals surface area contributed by atoms with Gasteiger partial charge in [0, 0.05) is 0 Å². The maximum absolute atomic E-state index is 9.41. The molecule has 0 fully saturated rings. The van der Waals surface area contributed by atoms with E-state index in [9.17, 15) is 5.11 Å². The highest BCUT2D eigenvalue weighted by Crippen LogP contribution is 2.18. The van der Waals surface area contributed by atoms with E-state index in [-0.39, 0.29) is 5.88 Å². The predicted octanol–water partition coefficient (Wildman–Crippen LogP) is 2.52. The molecule has 3 heteroatoms. The summed E-state index contributed by atoms with van der Waals surface area (Å²) >= 11 is 5.52. The lowest BCUT2D eigenvalue weighted by atomic mass is 10.1. The van der Waals surface area contributed by atoms with E-state index < -0.39 is 6.10 Å². The maximum Gasteiger partial charge on any atom is 0.119 e. The van der Waals surface area contributed by atoms with Crippen molar-refractivity contribution in [1.82, 2.24) is 0 Å². The fourth-order valence-electron chi connectivity index (χ4n) is 1.03. The number of aliphatic hydroxyl groups is 1. The first-order valence-corrected chi connectivity index (χ1v) is 4.89. The molecule has 0 radical (unpaired) electrons. The molecule has 1 rings (SSSR count). The molecule has 0 bridgehead atoms. The van der Waals surface area contributed by atoms with Crippen molar-refractivity contribution in [1.29, 1.82) is 0 Å². The minimum atomic E-state index is -0.606. The van der Waals surface area contributed by atoms with Crippen LogP contribution in [0.5, 0.6) is 5.75 Å². The van der Waals surface area contributed by atoms with Gasteiger partial charge >= 0.3 is 0 Å². The van der Waals surface area contributed by atoms with Crippen molar-refractivity contribution in [2.75, 3.05) is 12.5 Å².